The molecule has 0 radical (unpaired) electrons. The molecule has 0 bridgehead atoms. The highest BCUT2D eigenvalue weighted by Gasteiger charge is 2.43. The first kappa shape index (κ1) is 18.9. The predicted molar refractivity (Wildman–Crippen MR) is 92.1 cm³/mol. The molecule has 1 aromatic heterocycles. The van der Waals surface area contributed by atoms with Gasteiger partial charge in [0.25, 0.3) is 0 Å². The smallest absolute Gasteiger partial charge is 0.395 e. The van der Waals surface area contributed by atoms with E-state index in [1.54, 1.807) is 6.92 Å². The van der Waals surface area contributed by atoms with Crippen molar-refractivity contribution in [3.63, 3.8) is 0 Å². The van der Waals surface area contributed by atoms with Gasteiger partial charge in [0.05, 0.1) is 18.1 Å². The van der Waals surface area contributed by atoms with Crippen LogP contribution in [0.5, 0.6) is 11.5 Å². The van der Waals surface area contributed by atoms with Gasteiger partial charge >= 0.3 is 6.29 Å². The summed E-state index contributed by atoms with van der Waals surface area (Å²) in [5.74, 6) is -3.04. The number of alkyl halides is 2. The summed E-state index contributed by atoms with van der Waals surface area (Å²) in [6.07, 6.45) is -1.05. The Morgan fingerprint density at radius 1 is 0.931 bits per heavy atom. The number of anilines is 1. The third-order valence-electron chi connectivity index (χ3n) is 4.23. The molecule has 1 aliphatic rings. The Bertz CT molecular complexity index is 1070. The Kier molecular flexibility index (Phi) is 4.48. The predicted octanol–water partition coefficient (Wildman–Crippen LogP) is 4.80. The van der Waals surface area contributed by atoms with E-state index in [4.69, 9.17) is 0 Å². The lowest BCUT2D eigenvalue weighted by molar-refractivity contribution is -0.286. The second-order valence-corrected chi connectivity index (χ2v) is 6.27. The molecule has 0 unspecified atom stereocenters. The summed E-state index contributed by atoms with van der Waals surface area (Å²) in [4.78, 5) is 8.28. The molecule has 0 atom stereocenters. The molecule has 0 aliphatic carbocycles. The van der Waals surface area contributed by atoms with Gasteiger partial charge in [0.1, 0.15) is 23.3 Å². The van der Waals surface area contributed by atoms with Crippen LogP contribution in [0.15, 0.2) is 36.7 Å². The number of rotatable bonds is 4. The lowest BCUT2D eigenvalue weighted by atomic mass is 10.1. The maximum atomic E-state index is 13.7. The molecule has 29 heavy (non-hydrogen) atoms. The monoisotopic (exact) mass is 409 g/mol. The van der Waals surface area contributed by atoms with Crippen molar-refractivity contribution in [2.24, 2.45) is 0 Å². The van der Waals surface area contributed by atoms with Crippen molar-refractivity contribution in [1.29, 1.82) is 0 Å². The Hall–Kier alpha value is -3.43. The fraction of sp³-hybridized carbons (Fsp3) is 0.158. The van der Waals surface area contributed by atoms with Crippen LogP contribution in [0.2, 0.25) is 0 Å². The van der Waals surface area contributed by atoms with Crippen molar-refractivity contribution < 1.29 is 31.4 Å². The number of aryl methyl sites for hydroxylation is 1. The normalized spacial score (nSPS) is 14.1. The van der Waals surface area contributed by atoms with E-state index in [1.165, 1.54) is 24.5 Å². The SMILES string of the molecule is Cc1cc2c(cc1-c1cnc(NCc3c(F)cc(F)cc3F)cn1)OC(F)(F)O2. The Morgan fingerprint density at radius 3 is 2.21 bits per heavy atom. The third kappa shape index (κ3) is 3.78. The molecule has 3 aromatic rings. The van der Waals surface area contributed by atoms with E-state index >= 15 is 0 Å². The summed E-state index contributed by atoms with van der Waals surface area (Å²) in [7, 11) is 0. The van der Waals surface area contributed by atoms with E-state index in [-0.39, 0.29) is 29.4 Å². The van der Waals surface area contributed by atoms with Gasteiger partial charge in [-0.25, -0.2) is 18.2 Å². The number of aromatic nitrogens is 2. The first-order valence-corrected chi connectivity index (χ1v) is 8.32. The summed E-state index contributed by atoms with van der Waals surface area (Å²) >= 11 is 0. The Morgan fingerprint density at radius 2 is 1.59 bits per heavy atom. The number of benzene rings is 2. The molecule has 150 valence electrons. The average Bonchev–Trinajstić information content (AvgIpc) is 2.93. The van der Waals surface area contributed by atoms with Crippen LogP contribution in [-0.2, 0) is 6.54 Å². The summed E-state index contributed by atoms with van der Waals surface area (Å²) < 4.78 is 75.6. The lowest BCUT2D eigenvalue weighted by Gasteiger charge is -2.10. The van der Waals surface area contributed by atoms with Crippen LogP contribution in [0.1, 0.15) is 11.1 Å². The molecule has 10 heteroatoms. The zero-order valence-electron chi connectivity index (χ0n) is 14.8. The fourth-order valence-electron chi connectivity index (χ4n) is 2.85. The average molecular weight is 409 g/mol. The molecule has 1 N–H and O–H groups in total. The van der Waals surface area contributed by atoms with Gasteiger partial charge in [-0.1, -0.05) is 0 Å². The van der Waals surface area contributed by atoms with Crippen LogP contribution in [-0.4, -0.2) is 16.3 Å². The Labute approximate surface area is 161 Å². The van der Waals surface area contributed by atoms with Gasteiger partial charge < -0.3 is 14.8 Å². The van der Waals surface area contributed by atoms with E-state index < -0.39 is 23.7 Å². The zero-order chi connectivity index (χ0) is 20.8. The van der Waals surface area contributed by atoms with Gasteiger partial charge in [-0.15, -0.1) is 8.78 Å². The highest BCUT2D eigenvalue weighted by molar-refractivity contribution is 5.68. The van der Waals surface area contributed by atoms with E-state index in [0.717, 1.165) is 0 Å². The van der Waals surface area contributed by atoms with E-state index in [0.29, 0.717) is 29.0 Å². The quantitative estimate of drug-likeness (QED) is 0.628. The number of halogens is 5. The summed E-state index contributed by atoms with van der Waals surface area (Å²) in [6.45, 7) is 1.41. The molecular weight excluding hydrogens is 397 g/mol. The fourth-order valence-corrected chi connectivity index (χ4v) is 2.85. The first-order chi connectivity index (χ1) is 13.7. The van der Waals surface area contributed by atoms with Crippen LogP contribution in [0.25, 0.3) is 11.3 Å². The first-order valence-electron chi connectivity index (χ1n) is 8.32. The second-order valence-electron chi connectivity index (χ2n) is 6.27. The van der Waals surface area contributed by atoms with Crippen LogP contribution in [0, 0.1) is 24.4 Å². The maximum Gasteiger partial charge on any atom is 0.586 e. The summed E-state index contributed by atoms with van der Waals surface area (Å²) in [5.41, 5.74) is 1.13. The molecule has 0 saturated heterocycles. The van der Waals surface area contributed by atoms with E-state index in [2.05, 4.69) is 24.8 Å². The van der Waals surface area contributed by atoms with Gasteiger partial charge in [-0.2, -0.15) is 0 Å². The number of ether oxygens (including phenoxy) is 2. The molecule has 4 rings (SSSR count). The number of hydrogen-bond acceptors (Lipinski definition) is 5. The minimum Gasteiger partial charge on any atom is -0.395 e. The summed E-state index contributed by atoms with van der Waals surface area (Å²) in [5, 5.41) is 2.69. The minimum absolute atomic E-state index is 0.0779. The van der Waals surface area contributed by atoms with E-state index in [9.17, 15) is 22.0 Å². The zero-order valence-corrected chi connectivity index (χ0v) is 14.8. The second kappa shape index (κ2) is 6.87. The molecule has 5 nitrogen and oxygen atoms in total. The molecule has 2 aromatic carbocycles. The van der Waals surface area contributed by atoms with Crippen molar-refractivity contribution in [2.45, 2.75) is 19.8 Å². The largest absolute Gasteiger partial charge is 0.586 e. The minimum atomic E-state index is -3.72. The van der Waals surface area contributed by atoms with Gasteiger partial charge in [-0.05, 0) is 24.6 Å². The number of fused-ring (bicyclic) bond motifs is 1. The van der Waals surface area contributed by atoms with Crippen LogP contribution in [0.4, 0.5) is 27.8 Å². The maximum absolute atomic E-state index is 13.7. The van der Waals surface area contributed by atoms with Crippen molar-refractivity contribution in [1.82, 2.24) is 9.97 Å². The van der Waals surface area contributed by atoms with Crippen LogP contribution < -0.4 is 14.8 Å². The molecular formula is C19H12F5N3O2. The third-order valence-corrected chi connectivity index (χ3v) is 4.23. The molecule has 0 fully saturated rings. The molecule has 1 aliphatic heterocycles. The van der Waals surface area contributed by atoms with Gasteiger partial charge in [0, 0.05) is 29.8 Å². The van der Waals surface area contributed by atoms with Crippen molar-refractivity contribution in [3.8, 4) is 22.8 Å². The van der Waals surface area contributed by atoms with Gasteiger partial charge in [0.15, 0.2) is 11.5 Å². The van der Waals surface area contributed by atoms with Crippen molar-refractivity contribution in [3.05, 3.63) is 65.2 Å². The highest BCUT2D eigenvalue weighted by atomic mass is 19.3. The standard InChI is InChI=1S/C19H12F5N3O2/c1-9-2-16-17(29-19(23,24)28-16)5-11(9)15-7-27-18(8-25-15)26-6-12-13(21)3-10(20)4-14(12)22/h2-5,7-8H,6H2,1H3,(H,26,27). The molecule has 0 spiro atoms. The topological polar surface area (TPSA) is 56.3 Å². The van der Waals surface area contributed by atoms with E-state index in [1.807, 2.05) is 0 Å². The van der Waals surface area contributed by atoms with Gasteiger partial charge in [-0.3, -0.25) is 4.98 Å². The van der Waals surface area contributed by atoms with Crippen LogP contribution in [0.3, 0.4) is 0 Å². The lowest BCUT2D eigenvalue weighted by Crippen LogP contribution is -2.25. The Balaban J connectivity index is 1.52. The number of nitrogens with zero attached hydrogens (tertiary/aromatic N) is 2. The molecule has 0 saturated carbocycles. The summed E-state index contributed by atoms with van der Waals surface area (Å²) in [6, 6.07) is 3.94. The highest BCUT2D eigenvalue weighted by Crippen LogP contribution is 2.44. The van der Waals surface area contributed by atoms with Gasteiger partial charge in [0.2, 0.25) is 0 Å². The molecule has 0 amide bonds. The van der Waals surface area contributed by atoms with Crippen LogP contribution >= 0.6 is 0 Å². The van der Waals surface area contributed by atoms with Crippen molar-refractivity contribution >= 4 is 5.82 Å². The molecule has 2 heterocycles. The van der Waals surface area contributed by atoms with Crippen molar-refractivity contribution in [2.75, 3.05) is 5.32 Å². The number of hydrogen-bond donors (Lipinski definition) is 1. The number of nitrogens with one attached hydrogen (secondary N) is 1.